The molecular weight excluding hydrogens is 328 g/mol. The number of fused-ring (bicyclic) bond motifs is 1. The number of carbonyl (C=O) groups is 1. The summed E-state index contributed by atoms with van der Waals surface area (Å²) in [5.74, 6) is 0.573. The highest BCUT2D eigenvalue weighted by molar-refractivity contribution is 5.75. The first-order chi connectivity index (χ1) is 12.8. The maximum Gasteiger partial charge on any atom is 0.410 e. The number of rotatable bonds is 3. The van der Waals surface area contributed by atoms with Crippen molar-refractivity contribution in [2.75, 3.05) is 6.54 Å². The molecule has 0 saturated carbocycles. The predicted octanol–water partition coefficient (Wildman–Crippen LogP) is 3.73. The van der Waals surface area contributed by atoms with Gasteiger partial charge in [0.1, 0.15) is 30.6 Å². The van der Waals surface area contributed by atoms with Crippen LogP contribution in [0.2, 0.25) is 0 Å². The lowest BCUT2D eigenvalue weighted by atomic mass is 10.0. The highest BCUT2D eigenvalue weighted by atomic mass is 16.6. The van der Waals surface area contributed by atoms with Gasteiger partial charge in [0.2, 0.25) is 0 Å². The zero-order chi connectivity index (χ0) is 17.9. The Labute approximate surface area is 152 Å². The number of likely N-dealkylation sites (tertiary alicyclic amines) is 1. The minimum Gasteiger partial charge on any atom is -0.486 e. The molecule has 130 valence electrons. The summed E-state index contributed by atoms with van der Waals surface area (Å²) in [6, 6.07) is 21.0. The molecule has 0 aromatic heterocycles. The molecule has 0 unspecified atom stereocenters. The number of nitrogens with zero attached hydrogens (tertiary/aromatic N) is 2. The van der Waals surface area contributed by atoms with Gasteiger partial charge in [0.05, 0.1) is 5.57 Å². The molecule has 2 aliphatic rings. The third-order valence-electron chi connectivity index (χ3n) is 4.75. The second kappa shape index (κ2) is 6.93. The summed E-state index contributed by atoms with van der Waals surface area (Å²) in [7, 11) is 0. The van der Waals surface area contributed by atoms with Crippen molar-refractivity contribution in [2.24, 2.45) is 0 Å². The topological polar surface area (TPSA) is 62.6 Å². The number of ether oxygens (including phenoxy) is 2. The van der Waals surface area contributed by atoms with Gasteiger partial charge in [-0.3, -0.25) is 4.90 Å². The van der Waals surface area contributed by atoms with Gasteiger partial charge < -0.3 is 9.47 Å². The average molecular weight is 346 g/mol. The van der Waals surface area contributed by atoms with Crippen molar-refractivity contribution in [1.82, 2.24) is 4.90 Å². The van der Waals surface area contributed by atoms with E-state index in [0.29, 0.717) is 24.3 Å². The number of nitriles is 1. The Balaban J connectivity index is 1.53. The SMILES string of the molecule is N#CC1=C(c2ccccc2)O[C@H]2CCN(C(=O)OCc3ccccc3)[C@@H]12. The van der Waals surface area contributed by atoms with Crippen LogP contribution >= 0.6 is 0 Å². The van der Waals surface area contributed by atoms with E-state index < -0.39 is 6.09 Å². The molecular formula is C21H18N2O3. The fraction of sp³-hybridized carbons (Fsp3) is 0.238. The minimum absolute atomic E-state index is 0.191. The molecule has 0 radical (unpaired) electrons. The molecule has 1 fully saturated rings. The van der Waals surface area contributed by atoms with Crippen LogP contribution in [0.15, 0.2) is 66.2 Å². The highest BCUT2D eigenvalue weighted by Gasteiger charge is 2.48. The highest BCUT2D eigenvalue weighted by Crippen LogP contribution is 2.40. The van der Waals surface area contributed by atoms with E-state index in [2.05, 4.69) is 6.07 Å². The van der Waals surface area contributed by atoms with E-state index in [1.807, 2.05) is 60.7 Å². The summed E-state index contributed by atoms with van der Waals surface area (Å²) in [5, 5.41) is 9.69. The van der Waals surface area contributed by atoms with Crippen LogP contribution in [0.4, 0.5) is 4.79 Å². The molecule has 2 aromatic rings. The maximum atomic E-state index is 12.6. The Kier molecular flexibility index (Phi) is 4.32. The molecule has 1 saturated heterocycles. The van der Waals surface area contributed by atoms with Crippen molar-refractivity contribution in [2.45, 2.75) is 25.2 Å². The summed E-state index contributed by atoms with van der Waals surface area (Å²) in [6.45, 7) is 0.738. The van der Waals surface area contributed by atoms with E-state index in [-0.39, 0.29) is 18.8 Å². The van der Waals surface area contributed by atoms with Gasteiger partial charge in [0.15, 0.2) is 0 Å². The molecule has 2 aromatic carbocycles. The Morgan fingerprint density at radius 3 is 2.54 bits per heavy atom. The van der Waals surface area contributed by atoms with Gasteiger partial charge in [0, 0.05) is 18.5 Å². The zero-order valence-corrected chi connectivity index (χ0v) is 14.2. The van der Waals surface area contributed by atoms with E-state index >= 15 is 0 Å². The normalized spacial score (nSPS) is 21.1. The lowest BCUT2D eigenvalue weighted by Crippen LogP contribution is -2.39. The van der Waals surface area contributed by atoms with Gasteiger partial charge in [0.25, 0.3) is 0 Å². The minimum atomic E-state index is -0.410. The smallest absolute Gasteiger partial charge is 0.410 e. The van der Waals surface area contributed by atoms with Crippen molar-refractivity contribution in [1.29, 1.82) is 5.26 Å². The average Bonchev–Trinajstić information content (AvgIpc) is 3.26. The van der Waals surface area contributed by atoms with Gasteiger partial charge in [-0.1, -0.05) is 60.7 Å². The largest absolute Gasteiger partial charge is 0.486 e. The molecule has 5 heteroatoms. The molecule has 0 N–H and O–H groups in total. The van der Waals surface area contributed by atoms with Crippen LogP contribution in [0.1, 0.15) is 17.5 Å². The fourth-order valence-corrected chi connectivity index (χ4v) is 3.52. The standard InChI is InChI=1S/C21H18N2O3/c22-13-17-19-18(26-20(17)16-9-5-2-6-10-16)11-12-23(19)21(24)25-14-15-7-3-1-4-8-15/h1-10,18-19H,11-12,14H2/t18-,19-/m0/s1. The molecule has 0 bridgehead atoms. The van der Waals surface area contributed by atoms with Crippen LogP contribution in [0.5, 0.6) is 0 Å². The van der Waals surface area contributed by atoms with Crippen molar-refractivity contribution in [3.63, 3.8) is 0 Å². The quantitative estimate of drug-likeness (QED) is 0.849. The number of amides is 1. The summed E-state index contributed by atoms with van der Waals surface area (Å²) in [5.41, 5.74) is 2.28. The molecule has 0 spiro atoms. The zero-order valence-electron chi connectivity index (χ0n) is 14.2. The monoisotopic (exact) mass is 346 g/mol. The van der Waals surface area contributed by atoms with E-state index in [9.17, 15) is 10.1 Å². The molecule has 2 aliphatic heterocycles. The van der Waals surface area contributed by atoms with Crippen LogP contribution in [-0.4, -0.2) is 29.7 Å². The fourth-order valence-electron chi connectivity index (χ4n) is 3.52. The Morgan fingerprint density at radius 2 is 1.85 bits per heavy atom. The van der Waals surface area contributed by atoms with E-state index in [0.717, 1.165) is 11.1 Å². The van der Waals surface area contributed by atoms with Gasteiger partial charge in [-0.15, -0.1) is 0 Å². The molecule has 4 rings (SSSR count). The van der Waals surface area contributed by atoms with Crippen LogP contribution in [-0.2, 0) is 16.1 Å². The van der Waals surface area contributed by atoms with Crippen molar-refractivity contribution < 1.29 is 14.3 Å². The Bertz CT molecular complexity index is 871. The summed E-state index contributed by atoms with van der Waals surface area (Å²) in [4.78, 5) is 14.2. The number of hydrogen-bond acceptors (Lipinski definition) is 4. The molecule has 0 aliphatic carbocycles. The molecule has 2 heterocycles. The maximum absolute atomic E-state index is 12.6. The van der Waals surface area contributed by atoms with Gasteiger partial charge in [-0.25, -0.2) is 4.79 Å². The second-order valence-corrected chi connectivity index (χ2v) is 6.34. The van der Waals surface area contributed by atoms with Crippen LogP contribution in [0.25, 0.3) is 5.76 Å². The number of benzene rings is 2. The van der Waals surface area contributed by atoms with Crippen LogP contribution in [0, 0.1) is 11.3 Å². The first-order valence-electron chi connectivity index (χ1n) is 8.61. The van der Waals surface area contributed by atoms with Crippen molar-refractivity contribution in [3.05, 3.63) is 77.4 Å². The van der Waals surface area contributed by atoms with E-state index in [1.165, 1.54) is 0 Å². The van der Waals surface area contributed by atoms with Crippen molar-refractivity contribution in [3.8, 4) is 6.07 Å². The molecule has 26 heavy (non-hydrogen) atoms. The first-order valence-corrected chi connectivity index (χ1v) is 8.61. The third kappa shape index (κ3) is 2.91. The molecule has 1 amide bonds. The molecule has 2 atom stereocenters. The first kappa shape index (κ1) is 16.2. The lowest BCUT2D eigenvalue weighted by Gasteiger charge is -2.22. The van der Waals surface area contributed by atoms with Crippen molar-refractivity contribution >= 4 is 11.9 Å². The lowest BCUT2D eigenvalue weighted by molar-refractivity contribution is 0.0887. The van der Waals surface area contributed by atoms with Crippen LogP contribution < -0.4 is 0 Å². The summed E-state index contributed by atoms with van der Waals surface area (Å²) >= 11 is 0. The third-order valence-corrected chi connectivity index (χ3v) is 4.75. The second-order valence-electron chi connectivity index (χ2n) is 6.34. The Morgan fingerprint density at radius 1 is 1.15 bits per heavy atom. The number of hydrogen-bond donors (Lipinski definition) is 0. The molecule has 5 nitrogen and oxygen atoms in total. The van der Waals surface area contributed by atoms with E-state index in [4.69, 9.17) is 9.47 Å². The Hall–Kier alpha value is -3.26. The van der Waals surface area contributed by atoms with Crippen LogP contribution in [0.3, 0.4) is 0 Å². The predicted molar refractivity (Wildman–Crippen MR) is 95.6 cm³/mol. The van der Waals surface area contributed by atoms with Gasteiger partial charge >= 0.3 is 6.09 Å². The summed E-state index contributed by atoms with van der Waals surface area (Å²) in [6.07, 6.45) is 0.0863. The summed E-state index contributed by atoms with van der Waals surface area (Å²) < 4.78 is 11.5. The van der Waals surface area contributed by atoms with Gasteiger partial charge in [-0.2, -0.15) is 5.26 Å². The number of carbonyl (C=O) groups excluding carboxylic acids is 1. The van der Waals surface area contributed by atoms with E-state index in [1.54, 1.807) is 4.90 Å². The van der Waals surface area contributed by atoms with Gasteiger partial charge in [-0.05, 0) is 5.56 Å².